The number of benzene rings is 3. The van der Waals surface area contributed by atoms with Crippen LogP contribution in [-0.4, -0.2) is 98.1 Å². The van der Waals surface area contributed by atoms with Crippen molar-refractivity contribution in [1.82, 2.24) is 9.62 Å². The molecular weight excluding hydrogens is 695 g/mol. The number of carbonyl (C=O) groups is 1. The molecule has 2 aliphatic rings. The first-order valence-corrected chi connectivity index (χ1v) is 20.2. The van der Waals surface area contributed by atoms with Gasteiger partial charge in [-0.2, -0.15) is 4.31 Å². The molecule has 2 heterocycles. The van der Waals surface area contributed by atoms with Crippen LogP contribution in [-0.2, 0) is 47.0 Å². The minimum absolute atomic E-state index is 0.0828. The van der Waals surface area contributed by atoms with Crippen LogP contribution in [0.2, 0.25) is 0 Å². The summed E-state index contributed by atoms with van der Waals surface area (Å²) >= 11 is 0. The van der Waals surface area contributed by atoms with E-state index < -0.39 is 22.2 Å². The lowest BCUT2D eigenvalue weighted by Gasteiger charge is -2.44. The topological polar surface area (TPSA) is 116 Å². The second-order valence-corrected chi connectivity index (χ2v) is 15.8. The van der Waals surface area contributed by atoms with Crippen LogP contribution in [0.15, 0.2) is 71.6 Å². The maximum Gasteiger partial charge on any atom is 0.243 e. The second kappa shape index (κ2) is 19.7. The molecule has 1 fully saturated rings. The van der Waals surface area contributed by atoms with Gasteiger partial charge in [0.05, 0.1) is 49.7 Å². The van der Waals surface area contributed by atoms with E-state index in [-0.39, 0.29) is 29.2 Å². The molecule has 12 heteroatoms. The number of hydrogen-bond donors (Lipinski definition) is 1. The molecule has 290 valence electrons. The van der Waals surface area contributed by atoms with Gasteiger partial charge in [-0.05, 0) is 73.6 Å². The molecule has 0 bridgehead atoms. The SMILES string of the molecule is CC[C@H](C[C@@H]1C[C@H](c2ccc(COCCOC)cc2)[C@@H](OCc2ccc3c(c2)N(CCCOC)CCO3)CN1S(=O)(=O)c1ccc(C)cc1)C(=O)NC. The number of nitrogens with one attached hydrogen (secondary N) is 1. The summed E-state index contributed by atoms with van der Waals surface area (Å²) in [6, 6.07) is 21.0. The lowest BCUT2D eigenvalue weighted by atomic mass is 9.80. The zero-order chi connectivity index (χ0) is 37.8. The van der Waals surface area contributed by atoms with E-state index in [9.17, 15) is 13.2 Å². The van der Waals surface area contributed by atoms with Crippen molar-refractivity contribution in [3.05, 3.63) is 89.0 Å². The van der Waals surface area contributed by atoms with E-state index in [4.69, 9.17) is 23.7 Å². The van der Waals surface area contributed by atoms with Crippen LogP contribution in [0.3, 0.4) is 0 Å². The summed E-state index contributed by atoms with van der Waals surface area (Å²) in [6.07, 6.45) is 1.95. The van der Waals surface area contributed by atoms with E-state index in [1.54, 1.807) is 37.7 Å². The van der Waals surface area contributed by atoms with Gasteiger partial charge in [-0.1, -0.05) is 55.0 Å². The lowest BCUT2D eigenvalue weighted by Crippen LogP contribution is -2.53. The Morgan fingerprint density at radius 1 is 0.962 bits per heavy atom. The minimum atomic E-state index is -3.93. The second-order valence-electron chi connectivity index (χ2n) is 14.0. The van der Waals surface area contributed by atoms with Crippen LogP contribution in [0.5, 0.6) is 5.75 Å². The fourth-order valence-electron chi connectivity index (χ4n) is 7.32. The summed E-state index contributed by atoms with van der Waals surface area (Å²) < 4.78 is 59.5. The highest BCUT2D eigenvalue weighted by molar-refractivity contribution is 7.89. The highest BCUT2D eigenvalue weighted by Crippen LogP contribution is 2.40. The first-order valence-electron chi connectivity index (χ1n) is 18.7. The number of rotatable bonds is 19. The molecule has 53 heavy (non-hydrogen) atoms. The summed E-state index contributed by atoms with van der Waals surface area (Å²) in [6.45, 7) is 8.82. The lowest BCUT2D eigenvalue weighted by molar-refractivity contribution is -0.125. The normalized spacial score (nSPS) is 19.7. The standard InChI is InChI=1S/C41H57N3O8S/c1-6-33(41(45)42-3)25-35-26-37(34-13-10-31(11-14-34)28-50-23-22-49-5)40(27-44(35)53(46,47)36-15-8-30(2)9-16-36)52-29-32-12-17-39-38(24-32)43(19-21-51-39)18-7-20-48-4/h8-17,24,33,35,37,40H,6-7,18-23,25-29H2,1-5H3,(H,42,45)/t33-,35-,37-,40+/m1/s1. The molecule has 0 aromatic heterocycles. The molecule has 1 N–H and O–H groups in total. The molecule has 1 amide bonds. The van der Waals surface area contributed by atoms with E-state index in [0.717, 1.165) is 53.2 Å². The molecule has 0 radical (unpaired) electrons. The summed E-state index contributed by atoms with van der Waals surface area (Å²) in [4.78, 5) is 15.5. The molecule has 11 nitrogen and oxygen atoms in total. The Labute approximate surface area is 315 Å². The number of nitrogens with zero attached hydrogens (tertiary/aromatic N) is 2. The average molecular weight is 752 g/mol. The number of sulfonamides is 1. The van der Waals surface area contributed by atoms with Crippen molar-refractivity contribution >= 4 is 21.6 Å². The zero-order valence-electron chi connectivity index (χ0n) is 31.9. The van der Waals surface area contributed by atoms with Crippen molar-refractivity contribution in [2.75, 3.05) is 72.2 Å². The fraction of sp³-hybridized carbons (Fsp3) is 0.537. The van der Waals surface area contributed by atoms with Gasteiger partial charge in [0.15, 0.2) is 0 Å². The van der Waals surface area contributed by atoms with Crippen LogP contribution in [0.25, 0.3) is 0 Å². The van der Waals surface area contributed by atoms with Crippen LogP contribution in [0, 0.1) is 12.8 Å². The van der Waals surface area contributed by atoms with Crippen LogP contribution in [0.1, 0.15) is 60.8 Å². The number of piperidine rings is 1. The number of hydrogen-bond acceptors (Lipinski definition) is 9. The average Bonchev–Trinajstić information content (AvgIpc) is 3.18. The summed E-state index contributed by atoms with van der Waals surface area (Å²) in [5, 5.41) is 2.79. The third-order valence-corrected chi connectivity index (χ3v) is 12.3. The molecule has 3 aromatic rings. The Morgan fingerprint density at radius 3 is 2.40 bits per heavy atom. The van der Waals surface area contributed by atoms with Gasteiger partial charge in [0.25, 0.3) is 0 Å². The molecule has 0 unspecified atom stereocenters. The number of ether oxygens (including phenoxy) is 5. The monoisotopic (exact) mass is 751 g/mol. The van der Waals surface area contributed by atoms with Gasteiger partial charge in [0, 0.05) is 58.8 Å². The Morgan fingerprint density at radius 2 is 1.70 bits per heavy atom. The predicted molar refractivity (Wildman–Crippen MR) is 206 cm³/mol. The maximum atomic E-state index is 14.5. The number of amides is 1. The number of fused-ring (bicyclic) bond motifs is 1. The Bertz CT molecular complexity index is 1700. The van der Waals surface area contributed by atoms with Gasteiger partial charge in [-0.25, -0.2) is 8.42 Å². The van der Waals surface area contributed by atoms with Crippen molar-refractivity contribution in [2.45, 2.75) is 75.7 Å². The van der Waals surface area contributed by atoms with Crippen LogP contribution in [0.4, 0.5) is 5.69 Å². The highest BCUT2D eigenvalue weighted by atomic mass is 32.2. The Kier molecular flexibility index (Phi) is 15.1. The predicted octanol–water partition coefficient (Wildman–Crippen LogP) is 5.69. The number of aryl methyl sites for hydroxylation is 1. The van der Waals surface area contributed by atoms with Crippen LogP contribution >= 0.6 is 0 Å². The van der Waals surface area contributed by atoms with Crippen molar-refractivity contribution in [1.29, 1.82) is 0 Å². The van der Waals surface area contributed by atoms with Crippen molar-refractivity contribution in [2.24, 2.45) is 5.92 Å². The summed E-state index contributed by atoms with van der Waals surface area (Å²) in [7, 11) is 1.07. The van der Waals surface area contributed by atoms with Crippen molar-refractivity contribution in [3.63, 3.8) is 0 Å². The molecule has 0 spiro atoms. The summed E-state index contributed by atoms with van der Waals surface area (Å²) in [5.74, 6) is 0.302. The van der Waals surface area contributed by atoms with E-state index in [1.165, 1.54) is 0 Å². The van der Waals surface area contributed by atoms with Gasteiger partial charge in [0.2, 0.25) is 15.9 Å². The van der Waals surface area contributed by atoms with Gasteiger partial charge in [-0.3, -0.25) is 4.79 Å². The Hall–Kier alpha value is -3.52. The van der Waals surface area contributed by atoms with Gasteiger partial charge in [0.1, 0.15) is 12.4 Å². The fourth-order valence-corrected chi connectivity index (χ4v) is 8.98. The zero-order valence-corrected chi connectivity index (χ0v) is 32.7. The molecule has 0 aliphatic carbocycles. The van der Waals surface area contributed by atoms with Crippen molar-refractivity contribution < 1.29 is 36.9 Å². The molecular formula is C41H57N3O8S. The minimum Gasteiger partial charge on any atom is -0.490 e. The van der Waals surface area contributed by atoms with E-state index in [1.807, 2.05) is 38.1 Å². The first kappa shape index (κ1) is 40.7. The highest BCUT2D eigenvalue weighted by Gasteiger charge is 2.44. The molecule has 3 aromatic carbocycles. The third kappa shape index (κ3) is 10.6. The third-order valence-electron chi connectivity index (χ3n) is 10.4. The largest absolute Gasteiger partial charge is 0.490 e. The first-order chi connectivity index (χ1) is 25.7. The van der Waals surface area contributed by atoms with Crippen LogP contribution < -0.4 is 15.0 Å². The van der Waals surface area contributed by atoms with E-state index in [0.29, 0.717) is 58.9 Å². The number of methoxy groups -OCH3 is 2. The van der Waals surface area contributed by atoms with Crippen molar-refractivity contribution in [3.8, 4) is 5.75 Å². The molecule has 2 aliphatic heterocycles. The number of carbonyl (C=O) groups excluding carboxylic acids is 1. The smallest absolute Gasteiger partial charge is 0.243 e. The Balaban J connectivity index is 1.46. The molecule has 5 rings (SSSR count). The maximum absolute atomic E-state index is 14.5. The molecule has 4 atom stereocenters. The molecule has 1 saturated heterocycles. The van der Waals surface area contributed by atoms with E-state index in [2.05, 4.69) is 40.5 Å². The quantitative estimate of drug-likeness (QED) is 0.154. The van der Waals surface area contributed by atoms with Gasteiger partial charge >= 0.3 is 0 Å². The number of anilines is 1. The van der Waals surface area contributed by atoms with E-state index >= 15 is 0 Å². The van der Waals surface area contributed by atoms with Gasteiger partial charge < -0.3 is 33.9 Å². The molecule has 0 saturated carbocycles. The summed E-state index contributed by atoms with van der Waals surface area (Å²) in [5.41, 5.74) is 5.08. The van der Waals surface area contributed by atoms with Gasteiger partial charge in [-0.15, -0.1) is 0 Å².